The van der Waals surface area contributed by atoms with Crippen LogP contribution in [0.25, 0.3) is 0 Å². The van der Waals surface area contributed by atoms with Crippen molar-refractivity contribution in [1.29, 1.82) is 0 Å². The third kappa shape index (κ3) is 3.37. The van der Waals surface area contributed by atoms with Crippen molar-refractivity contribution in [3.05, 3.63) is 30.3 Å². The topological polar surface area (TPSA) is 0 Å². The lowest BCUT2D eigenvalue weighted by Crippen LogP contribution is -2.22. The van der Waals surface area contributed by atoms with Gasteiger partial charge in [-0.1, -0.05) is 44.2 Å². The molecule has 0 saturated carbocycles. The van der Waals surface area contributed by atoms with Crippen molar-refractivity contribution in [2.45, 2.75) is 25.8 Å². The van der Waals surface area contributed by atoms with E-state index in [9.17, 15) is 0 Å². The summed E-state index contributed by atoms with van der Waals surface area (Å²) in [7, 11) is -0.124. The van der Waals surface area contributed by atoms with Gasteiger partial charge >= 0.3 is 0 Å². The number of benzene rings is 1. The molecule has 0 spiro atoms. The quantitative estimate of drug-likeness (QED) is 0.546. The summed E-state index contributed by atoms with van der Waals surface area (Å²) in [5.41, 5.74) is 0. The SMILES string of the molecule is CC(C)(C)[SiH2]c1c[c][c]cc1. The molecule has 0 fully saturated rings. The summed E-state index contributed by atoms with van der Waals surface area (Å²) in [5, 5.41) is 1.99. The van der Waals surface area contributed by atoms with E-state index in [2.05, 4.69) is 45.0 Å². The molecule has 0 saturated heterocycles. The third-order valence-electron chi connectivity index (χ3n) is 1.46. The second-order valence-electron chi connectivity index (χ2n) is 4.08. The summed E-state index contributed by atoms with van der Waals surface area (Å²) in [6.07, 6.45) is 0. The highest BCUT2D eigenvalue weighted by atomic mass is 28.2. The van der Waals surface area contributed by atoms with Gasteiger partial charge in [0.25, 0.3) is 0 Å². The van der Waals surface area contributed by atoms with Gasteiger partial charge in [0.05, 0.1) is 9.52 Å². The molecule has 0 aliphatic carbocycles. The summed E-state index contributed by atoms with van der Waals surface area (Å²) < 4.78 is 0. The molecule has 1 aromatic carbocycles. The Hall–Kier alpha value is -0.563. The number of rotatable bonds is 1. The molecule has 0 aliphatic rings. The largest absolute Gasteiger partial charge is 0.0658 e. The van der Waals surface area contributed by atoms with Crippen molar-refractivity contribution in [3.8, 4) is 0 Å². The lowest BCUT2D eigenvalue weighted by atomic mass is 10.2. The fraction of sp³-hybridized carbons (Fsp3) is 0.400. The van der Waals surface area contributed by atoms with E-state index in [1.807, 2.05) is 6.07 Å². The summed E-state index contributed by atoms with van der Waals surface area (Å²) in [4.78, 5) is 0. The molecular formula is C10H14Si. The fourth-order valence-electron chi connectivity index (χ4n) is 1.10. The van der Waals surface area contributed by atoms with E-state index >= 15 is 0 Å². The maximum absolute atomic E-state index is 2.99. The molecule has 0 aromatic heterocycles. The molecule has 0 aliphatic heterocycles. The van der Waals surface area contributed by atoms with E-state index in [-0.39, 0.29) is 9.52 Å². The van der Waals surface area contributed by atoms with Gasteiger partial charge < -0.3 is 0 Å². The van der Waals surface area contributed by atoms with Crippen molar-refractivity contribution >= 4 is 14.7 Å². The first-order chi connectivity index (χ1) is 5.08. The zero-order valence-electron chi connectivity index (χ0n) is 7.44. The van der Waals surface area contributed by atoms with Crippen LogP contribution in [0.1, 0.15) is 20.8 Å². The molecule has 1 rings (SSSR count). The van der Waals surface area contributed by atoms with E-state index in [1.165, 1.54) is 5.19 Å². The lowest BCUT2D eigenvalue weighted by Gasteiger charge is -2.16. The molecule has 58 valence electrons. The third-order valence-corrected chi connectivity index (χ3v) is 3.36. The standard InChI is InChI=1S/C10H14Si/c1-10(2,3)11-9-7-5-4-6-8-9/h5,7-8H,11H2,1-3H3. The summed E-state index contributed by atoms with van der Waals surface area (Å²) in [6, 6.07) is 12.1. The van der Waals surface area contributed by atoms with Gasteiger partial charge in [-0.15, -0.1) is 0 Å². The maximum Gasteiger partial charge on any atom is 0.0601 e. The smallest absolute Gasteiger partial charge is 0.0601 e. The Balaban J connectivity index is 2.66. The monoisotopic (exact) mass is 162 g/mol. The van der Waals surface area contributed by atoms with Crippen molar-refractivity contribution in [2.24, 2.45) is 0 Å². The van der Waals surface area contributed by atoms with Crippen molar-refractivity contribution < 1.29 is 0 Å². The van der Waals surface area contributed by atoms with E-state index < -0.39 is 0 Å². The van der Waals surface area contributed by atoms with E-state index in [4.69, 9.17) is 0 Å². The Morgan fingerprint density at radius 3 is 2.45 bits per heavy atom. The van der Waals surface area contributed by atoms with Crippen molar-refractivity contribution in [3.63, 3.8) is 0 Å². The molecule has 0 amide bonds. The Kier molecular flexibility index (Phi) is 2.50. The van der Waals surface area contributed by atoms with Crippen LogP contribution in [0.2, 0.25) is 5.04 Å². The van der Waals surface area contributed by atoms with Gasteiger partial charge in [0, 0.05) is 0 Å². The average Bonchev–Trinajstić information content (AvgIpc) is 1.85. The molecule has 0 N–H and O–H groups in total. The highest BCUT2D eigenvalue weighted by molar-refractivity contribution is 6.56. The van der Waals surface area contributed by atoms with Gasteiger partial charge in [-0.3, -0.25) is 0 Å². The Bertz CT molecular complexity index is 208. The molecule has 0 unspecified atom stereocenters. The molecule has 1 aromatic rings. The molecule has 0 bridgehead atoms. The minimum atomic E-state index is -0.124. The van der Waals surface area contributed by atoms with Gasteiger partial charge in [-0.05, 0) is 17.2 Å². The van der Waals surface area contributed by atoms with Crippen LogP contribution in [0.15, 0.2) is 18.2 Å². The van der Waals surface area contributed by atoms with Crippen molar-refractivity contribution in [2.75, 3.05) is 0 Å². The second kappa shape index (κ2) is 3.22. The summed E-state index contributed by atoms with van der Waals surface area (Å²) >= 11 is 0. The van der Waals surface area contributed by atoms with Crippen molar-refractivity contribution in [1.82, 2.24) is 0 Å². The molecule has 0 atom stereocenters. The lowest BCUT2D eigenvalue weighted by molar-refractivity contribution is 0.759. The number of hydrogen-bond donors (Lipinski definition) is 0. The Morgan fingerprint density at radius 1 is 1.27 bits per heavy atom. The predicted octanol–water partition coefficient (Wildman–Crippen LogP) is 1.30. The van der Waals surface area contributed by atoms with Crippen LogP contribution in [-0.2, 0) is 0 Å². The normalized spacial score (nSPS) is 12.6. The van der Waals surface area contributed by atoms with E-state index in [0.717, 1.165) is 0 Å². The maximum atomic E-state index is 2.99. The van der Waals surface area contributed by atoms with Gasteiger partial charge in [-0.2, -0.15) is 0 Å². The minimum Gasteiger partial charge on any atom is -0.0658 e. The van der Waals surface area contributed by atoms with Crippen LogP contribution >= 0.6 is 0 Å². The van der Waals surface area contributed by atoms with Gasteiger partial charge in [0.1, 0.15) is 0 Å². The minimum absolute atomic E-state index is 0.124. The van der Waals surface area contributed by atoms with Gasteiger partial charge in [-0.25, -0.2) is 0 Å². The highest BCUT2D eigenvalue weighted by Crippen LogP contribution is 2.18. The van der Waals surface area contributed by atoms with E-state index in [1.54, 1.807) is 0 Å². The van der Waals surface area contributed by atoms with Gasteiger partial charge in [0.15, 0.2) is 0 Å². The summed E-state index contributed by atoms with van der Waals surface area (Å²) in [5.74, 6) is 0. The van der Waals surface area contributed by atoms with Crippen LogP contribution in [0.4, 0.5) is 0 Å². The highest BCUT2D eigenvalue weighted by Gasteiger charge is 2.11. The zero-order valence-corrected chi connectivity index (χ0v) is 8.85. The van der Waals surface area contributed by atoms with Crippen LogP contribution in [-0.4, -0.2) is 9.52 Å². The average molecular weight is 162 g/mol. The first-order valence-electron chi connectivity index (χ1n) is 3.95. The second-order valence-corrected chi connectivity index (χ2v) is 7.37. The van der Waals surface area contributed by atoms with Crippen LogP contribution in [0.5, 0.6) is 0 Å². The Labute approximate surface area is 71.5 Å². The first kappa shape index (κ1) is 8.53. The molecular weight excluding hydrogens is 148 g/mol. The van der Waals surface area contributed by atoms with E-state index in [0.29, 0.717) is 5.04 Å². The van der Waals surface area contributed by atoms with Crippen LogP contribution < -0.4 is 5.19 Å². The molecule has 0 heterocycles. The first-order valence-corrected chi connectivity index (χ1v) is 5.36. The fourth-order valence-corrected chi connectivity index (χ4v) is 2.77. The van der Waals surface area contributed by atoms with Crippen LogP contribution in [0, 0.1) is 12.1 Å². The van der Waals surface area contributed by atoms with Crippen LogP contribution in [0.3, 0.4) is 0 Å². The Morgan fingerprint density at radius 2 is 2.00 bits per heavy atom. The molecule has 1 heteroatoms. The molecule has 0 nitrogen and oxygen atoms in total. The molecule has 11 heavy (non-hydrogen) atoms. The zero-order chi connectivity index (χ0) is 8.32. The number of hydrogen-bond acceptors (Lipinski definition) is 0. The molecule has 2 radical (unpaired) electrons. The predicted molar refractivity (Wildman–Crippen MR) is 52.0 cm³/mol. The van der Waals surface area contributed by atoms with Gasteiger partial charge in [0.2, 0.25) is 0 Å². The summed E-state index contributed by atoms with van der Waals surface area (Å²) in [6.45, 7) is 6.90.